The van der Waals surface area contributed by atoms with E-state index in [9.17, 15) is 18.0 Å². The van der Waals surface area contributed by atoms with Gasteiger partial charge in [-0.2, -0.15) is 13.2 Å². The lowest BCUT2D eigenvalue weighted by Gasteiger charge is -2.21. The molecule has 0 radical (unpaired) electrons. The van der Waals surface area contributed by atoms with Crippen molar-refractivity contribution in [1.29, 1.82) is 0 Å². The number of carbonyl (C=O) groups is 1. The molecule has 0 aromatic heterocycles. The first-order valence-corrected chi connectivity index (χ1v) is 4.97. The fourth-order valence-electron chi connectivity index (χ4n) is 1.06. The molecule has 0 aliphatic rings. The highest BCUT2D eigenvalue weighted by molar-refractivity contribution is 5.70. The molecule has 0 heterocycles. The first kappa shape index (κ1) is 15.2. The molecule has 16 heavy (non-hydrogen) atoms. The monoisotopic (exact) mass is 241 g/mol. The highest BCUT2D eigenvalue weighted by Crippen LogP contribution is 2.15. The van der Waals surface area contributed by atoms with Crippen molar-refractivity contribution in [3.63, 3.8) is 0 Å². The Morgan fingerprint density at radius 1 is 1.25 bits per heavy atom. The van der Waals surface area contributed by atoms with E-state index in [1.165, 1.54) is 7.05 Å². The molecule has 0 aromatic carbocycles. The van der Waals surface area contributed by atoms with Gasteiger partial charge in [0.15, 0.2) is 0 Å². The number of nitrogens with zero attached hydrogens (tertiary/aromatic N) is 1. The second-order valence-corrected chi connectivity index (χ2v) is 4.69. The summed E-state index contributed by atoms with van der Waals surface area (Å²) >= 11 is 0. The number of hydrogen-bond acceptors (Lipinski definition) is 3. The first-order valence-electron chi connectivity index (χ1n) is 4.97. The summed E-state index contributed by atoms with van der Waals surface area (Å²) in [6.45, 7) is 4.16. The van der Waals surface area contributed by atoms with E-state index >= 15 is 0 Å². The lowest BCUT2D eigenvalue weighted by Crippen LogP contribution is -2.33. The van der Waals surface area contributed by atoms with Crippen molar-refractivity contribution in [2.45, 2.75) is 39.0 Å². The van der Waals surface area contributed by atoms with Crippen LogP contribution in [0.3, 0.4) is 0 Å². The standard InChI is InChI=1S/C10H18F3NO2/c1-9(2,3)16-8(15)5-6-14(4)7-10(11,12)13/h5-7H2,1-4H3. The average molecular weight is 241 g/mol. The Morgan fingerprint density at radius 2 is 1.75 bits per heavy atom. The maximum atomic E-state index is 11.9. The molecule has 0 aromatic rings. The number of ether oxygens (including phenoxy) is 1. The van der Waals surface area contributed by atoms with Gasteiger partial charge in [0.05, 0.1) is 13.0 Å². The van der Waals surface area contributed by atoms with E-state index in [2.05, 4.69) is 0 Å². The summed E-state index contributed by atoms with van der Waals surface area (Å²) in [5.74, 6) is -0.485. The predicted molar refractivity (Wildman–Crippen MR) is 54.0 cm³/mol. The van der Waals surface area contributed by atoms with Crippen LogP contribution in [0.1, 0.15) is 27.2 Å². The van der Waals surface area contributed by atoms with E-state index in [4.69, 9.17) is 4.74 Å². The fourth-order valence-corrected chi connectivity index (χ4v) is 1.06. The zero-order valence-electron chi connectivity index (χ0n) is 10.0. The normalized spacial score (nSPS) is 13.0. The minimum atomic E-state index is -4.23. The Hall–Kier alpha value is -0.780. The van der Waals surface area contributed by atoms with Gasteiger partial charge >= 0.3 is 12.1 Å². The highest BCUT2D eigenvalue weighted by atomic mass is 19.4. The van der Waals surface area contributed by atoms with Crippen LogP contribution < -0.4 is 0 Å². The number of alkyl halides is 3. The number of hydrogen-bond donors (Lipinski definition) is 0. The summed E-state index contributed by atoms with van der Waals surface area (Å²) in [7, 11) is 1.32. The molecule has 0 saturated carbocycles. The molecule has 0 spiro atoms. The molecule has 0 saturated heterocycles. The van der Waals surface area contributed by atoms with Gasteiger partial charge < -0.3 is 4.74 Å². The maximum absolute atomic E-state index is 11.9. The van der Waals surface area contributed by atoms with Crippen LogP contribution in [0.5, 0.6) is 0 Å². The summed E-state index contributed by atoms with van der Waals surface area (Å²) in [6, 6.07) is 0. The summed E-state index contributed by atoms with van der Waals surface area (Å²) in [5.41, 5.74) is -0.598. The molecule has 0 amide bonds. The van der Waals surface area contributed by atoms with Crippen LogP contribution in [-0.4, -0.2) is 42.8 Å². The lowest BCUT2D eigenvalue weighted by molar-refractivity contribution is -0.158. The van der Waals surface area contributed by atoms with Gasteiger partial charge in [-0.1, -0.05) is 0 Å². The molecule has 0 N–H and O–H groups in total. The highest BCUT2D eigenvalue weighted by Gasteiger charge is 2.29. The van der Waals surface area contributed by atoms with Crippen LogP contribution >= 0.6 is 0 Å². The minimum Gasteiger partial charge on any atom is -0.460 e. The van der Waals surface area contributed by atoms with Gasteiger partial charge in [-0.25, -0.2) is 0 Å². The Labute approximate surface area is 93.6 Å². The van der Waals surface area contributed by atoms with Crippen LogP contribution in [0.4, 0.5) is 13.2 Å². The second kappa shape index (κ2) is 5.52. The zero-order chi connectivity index (χ0) is 13.0. The molecular weight excluding hydrogens is 223 g/mol. The third-order valence-electron chi connectivity index (χ3n) is 1.57. The number of rotatable bonds is 4. The number of halogens is 3. The van der Waals surface area contributed by atoms with Crippen molar-refractivity contribution in [3.05, 3.63) is 0 Å². The van der Waals surface area contributed by atoms with Crippen LogP contribution in [0, 0.1) is 0 Å². The number of esters is 1. The summed E-state index contributed by atoms with van der Waals surface area (Å²) in [4.78, 5) is 12.2. The summed E-state index contributed by atoms with van der Waals surface area (Å²) in [6.07, 6.45) is -4.27. The molecule has 3 nitrogen and oxygen atoms in total. The van der Waals surface area contributed by atoms with Gasteiger partial charge in [-0.05, 0) is 27.8 Å². The van der Waals surface area contributed by atoms with Crippen molar-refractivity contribution < 1.29 is 22.7 Å². The third-order valence-corrected chi connectivity index (χ3v) is 1.57. The summed E-state index contributed by atoms with van der Waals surface area (Å²) in [5, 5.41) is 0. The Balaban J connectivity index is 3.85. The smallest absolute Gasteiger partial charge is 0.401 e. The lowest BCUT2D eigenvalue weighted by atomic mass is 10.2. The number of carbonyl (C=O) groups excluding carboxylic acids is 1. The second-order valence-electron chi connectivity index (χ2n) is 4.69. The molecule has 0 aliphatic carbocycles. The van der Waals surface area contributed by atoms with Gasteiger partial charge in [0, 0.05) is 6.54 Å². The van der Waals surface area contributed by atoms with Crippen molar-refractivity contribution in [2.24, 2.45) is 0 Å². The maximum Gasteiger partial charge on any atom is 0.401 e. The Bertz CT molecular complexity index is 233. The minimum absolute atomic E-state index is 0.0361. The van der Waals surface area contributed by atoms with Crippen LogP contribution in [-0.2, 0) is 9.53 Å². The average Bonchev–Trinajstić information content (AvgIpc) is 1.94. The summed E-state index contributed by atoms with van der Waals surface area (Å²) < 4.78 is 40.8. The van der Waals surface area contributed by atoms with Crippen LogP contribution in [0.15, 0.2) is 0 Å². The van der Waals surface area contributed by atoms with E-state index in [0.717, 1.165) is 4.90 Å². The van der Waals surface area contributed by atoms with E-state index in [-0.39, 0.29) is 13.0 Å². The first-order chi connectivity index (χ1) is 6.99. The van der Waals surface area contributed by atoms with Gasteiger partial charge in [0.25, 0.3) is 0 Å². The third kappa shape index (κ3) is 9.76. The van der Waals surface area contributed by atoms with Crippen molar-refractivity contribution in [3.8, 4) is 0 Å². The van der Waals surface area contributed by atoms with Gasteiger partial charge in [0.2, 0.25) is 0 Å². The topological polar surface area (TPSA) is 29.5 Å². The Kier molecular flexibility index (Phi) is 5.25. The molecule has 0 bridgehead atoms. The van der Waals surface area contributed by atoms with Crippen LogP contribution in [0.2, 0.25) is 0 Å². The molecule has 0 atom stereocenters. The van der Waals surface area contributed by atoms with E-state index < -0.39 is 24.3 Å². The zero-order valence-corrected chi connectivity index (χ0v) is 10.0. The molecular formula is C10H18F3NO2. The predicted octanol–water partition coefficient (Wildman–Crippen LogP) is 2.21. The SMILES string of the molecule is CN(CCC(=O)OC(C)(C)C)CC(F)(F)F. The van der Waals surface area contributed by atoms with E-state index in [0.29, 0.717) is 0 Å². The molecule has 0 unspecified atom stereocenters. The van der Waals surface area contributed by atoms with E-state index in [1.54, 1.807) is 20.8 Å². The molecule has 96 valence electrons. The fraction of sp³-hybridized carbons (Fsp3) is 0.900. The van der Waals surface area contributed by atoms with Gasteiger partial charge in [-0.3, -0.25) is 9.69 Å². The molecule has 6 heteroatoms. The van der Waals surface area contributed by atoms with Gasteiger partial charge in [0.1, 0.15) is 5.60 Å². The molecule has 0 aliphatic heterocycles. The molecule has 0 fully saturated rings. The quantitative estimate of drug-likeness (QED) is 0.707. The Morgan fingerprint density at radius 3 is 2.12 bits per heavy atom. The molecule has 0 rings (SSSR count). The van der Waals surface area contributed by atoms with Gasteiger partial charge in [-0.15, -0.1) is 0 Å². The van der Waals surface area contributed by atoms with E-state index in [1.807, 2.05) is 0 Å². The largest absolute Gasteiger partial charge is 0.460 e. The van der Waals surface area contributed by atoms with Crippen molar-refractivity contribution >= 4 is 5.97 Å². The van der Waals surface area contributed by atoms with Crippen molar-refractivity contribution in [2.75, 3.05) is 20.1 Å². The van der Waals surface area contributed by atoms with Crippen LogP contribution in [0.25, 0.3) is 0 Å². The van der Waals surface area contributed by atoms with Crippen molar-refractivity contribution in [1.82, 2.24) is 4.90 Å².